The molecule has 1 aromatic heterocycles. The number of aliphatic hydroxyl groups is 1. The molecule has 20 heavy (non-hydrogen) atoms. The number of pyridine rings is 1. The van der Waals surface area contributed by atoms with Crippen LogP contribution in [-0.4, -0.2) is 40.7 Å². The van der Waals surface area contributed by atoms with Gasteiger partial charge in [0.15, 0.2) is 0 Å². The van der Waals surface area contributed by atoms with Gasteiger partial charge < -0.3 is 15.2 Å². The average molecular weight is 296 g/mol. The third-order valence-electron chi connectivity index (χ3n) is 3.38. The van der Waals surface area contributed by atoms with Crippen LogP contribution in [0.4, 0.5) is 5.82 Å². The zero-order valence-electron chi connectivity index (χ0n) is 12.2. The Balaban J connectivity index is 1.90. The molecule has 2 heterocycles. The Hall–Kier alpha value is -0.780. The second kappa shape index (κ2) is 7.86. The lowest BCUT2D eigenvalue weighted by Crippen LogP contribution is -2.37. The molecule has 112 valence electrons. The molecule has 2 N–H and O–H groups in total. The summed E-state index contributed by atoms with van der Waals surface area (Å²) in [6.45, 7) is 4.48. The van der Waals surface area contributed by atoms with Crippen LogP contribution in [0.25, 0.3) is 0 Å². The first-order valence-electron chi connectivity index (χ1n) is 7.23. The SMILES string of the molecule is CC1CC(Nc2cc(CSCCO)ccn2)CC(C)O1. The second-order valence-corrected chi connectivity index (χ2v) is 6.50. The normalized spacial score (nSPS) is 26.4. The van der Waals surface area contributed by atoms with Crippen molar-refractivity contribution in [2.24, 2.45) is 0 Å². The monoisotopic (exact) mass is 296 g/mol. The van der Waals surface area contributed by atoms with Gasteiger partial charge in [-0.05, 0) is 44.4 Å². The van der Waals surface area contributed by atoms with Gasteiger partial charge in [-0.15, -0.1) is 0 Å². The van der Waals surface area contributed by atoms with Crippen molar-refractivity contribution < 1.29 is 9.84 Å². The fourth-order valence-electron chi connectivity index (χ4n) is 2.63. The standard InChI is InChI=1S/C15H24N2O2S/c1-11-7-14(8-12(2)19-11)17-15-9-13(3-4-16-15)10-20-6-5-18/h3-4,9,11-12,14,18H,5-8,10H2,1-2H3,(H,16,17). The number of hydrogen-bond acceptors (Lipinski definition) is 5. The summed E-state index contributed by atoms with van der Waals surface area (Å²) in [6, 6.07) is 4.57. The minimum atomic E-state index is 0.235. The fraction of sp³-hybridized carbons (Fsp3) is 0.667. The number of aliphatic hydroxyl groups excluding tert-OH is 1. The highest BCUT2D eigenvalue weighted by Crippen LogP contribution is 2.22. The first-order chi connectivity index (χ1) is 9.67. The first kappa shape index (κ1) is 15.6. The highest BCUT2D eigenvalue weighted by molar-refractivity contribution is 7.98. The molecule has 1 aromatic rings. The van der Waals surface area contributed by atoms with Gasteiger partial charge in [0.2, 0.25) is 0 Å². The molecule has 1 fully saturated rings. The highest BCUT2D eigenvalue weighted by atomic mass is 32.2. The Labute approximate surface area is 125 Å². The van der Waals surface area contributed by atoms with E-state index >= 15 is 0 Å². The fourth-order valence-corrected chi connectivity index (χ4v) is 3.32. The molecule has 0 amide bonds. The van der Waals surface area contributed by atoms with E-state index < -0.39 is 0 Å². The van der Waals surface area contributed by atoms with E-state index in [1.54, 1.807) is 11.8 Å². The van der Waals surface area contributed by atoms with E-state index in [0.29, 0.717) is 18.2 Å². The van der Waals surface area contributed by atoms with E-state index in [1.807, 2.05) is 12.3 Å². The van der Waals surface area contributed by atoms with Gasteiger partial charge in [-0.3, -0.25) is 0 Å². The summed E-state index contributed by atoms with van der Waals surface area (Å²) < 4.78 is 5.76. The molecule has 4 nitrogen and oxygen atoms in total. The predicted octanol–water partition coefficient (Wildman–Crippen LogP) is 2.68. The predicted molar refractivity (Wildman–Crippen MR) is 84.1 cm³/mol. The molecule has 0 bridgehead atoms. The maximum absolute atomic E-state index is 8.81. The van der Waals surface area contributed by atoms with Crippen LogP contribution < -0.4 is 5.32 Å². The van der Waals surface area contributed by atoms with Crippen LogP contribution in [0.1, 0.15) is 32.3 Å². The quantitative estimate of drug-likeness (QED) is 0.791. The van der Waals surface area contributed by atoms with Crippen LogP contribution in [0.15, 0.2) is 18.3 Å². The zero-order chi connectivity index (χ0) is 14.4. The Morgan fingerprint density at radius 3 is 2.85 bits per heavy atom. The van der Waals surface area contributed by atoms with Gasteiger partial charge in [-0.2, -0.15) is 11.8 Å². The van der Waals surface area contributed by atoms with Crippen molar-refractivity contribution in [3.05, 3.63) is 23.9 Å². The van der Waals surface area contributed by atoms with Gasteiger partial charge in [-0.1, -0.05) is 0 Å². The van der Waals surface area contributed by atoms with E-state index in [4.69, 9.17) is 9.84 Å². The molecule has 0 radical (unpaired) electrons. The summed E-state index contributed by atoms with van der Waals surface area (Å²) in [6.07, 6.45) is 4.51. The van der Waals surface area contributed by atoms with E-state index in [-0.39, 0.29) is 6.61 Å². The highest BCUT2D eigenvalue weighted by Gasteiger charge is 2.24. The first-order valence-corrected chi connectivity index (χ1v) is 8.38. The van der Waals surface area contributed by atoms with E-state index in [2.05, 4.69) is 30.2 Å². The molecule has 2 atom stereocenters. The number of nitrogens with zero attached hydrogens (tertiary/aromatic N) is 1. The Morgan fingerprint density at radius 2 is 2.15 bits per heavy atom. The molecule has 0 aliphatic carbocycles. The van der Waals surface area contributed by atoms with Gasteiger partial charge in [0, 0.05) is 23.7 Å². The van der Waals surface area contributed by atoms with Crippen molar-refractivity contribution in [1.82, 2.24) is 4.98 Å². The summed E-state index contributed by atoms with van der Waals surface area (Å²) in [7, 11) is 0. The second-order valence-electron chi connectivity index (χ2n) is 5.40. The van der Waals surface area contributed by atoms with Crippen molar-refractivity contribution in [1.29, 1.82) is 0 Å². The molecule has 2 unspecified atom stereocenters. The van der Waals surface area contributed by atoms with Gasteiger partial charge >= 0.3 is 0 Å². The maximum atomic E-state index is 8.81. The number of ether oxygens (including phenoxy) is 1. The summed E-state index contributed by atoms with van der Waals surface area (Å²) >= 11 is 1.74. The summed E-state index contributed by atoms with van der Waals surface area (Å²) in [4.78, 5) is 4.40. The van der Waals surface area contributed by atoms with Gasteiger partial charge in [0.05, 0.1) is 18.8 Å². The summed E-state index contributed by atoms with van der Waals surface area (Å²) in [5.41, 5.74) is 1.24. The van der Waals surface area contributed by atoms with Crippen molar-refractivity contribution >= 4 is 17.6 Å². The number of nitrogens with one attached hydrogen (secondary N) is 1. The molecule has 1 aliphatic heterocycles. The van der Waals surface area contributed by atoms with Crippen LogP contribution in [0.2, 0.25) is 0 Å². The van der Waals surface area contributed by atoms with E-state index in [9.17, 15) is 0 Å². The number of rotatable bonds is 6. The van der Waals surface area contributed by atoms with E-state index in [1.165, 1.54) is 5.56 Å². The molecule has 1 aliphatic rings. The van der Waals surface area contributed by atoms with Crippen molar-refractivity contribution in [3.8, 4) is 0 Å². The van der Waals surface area contributed by atoms with Crippen LogP contribution >= 0.6 is 11.8 Å². The van der Waals surface area contributed by atoms with Crippen molar-refractivity contribution in [2.45, 2.75) is 50.7 Å². The van der Waals surface area contributed by atoms with Gasteiger partial charge in [0.25, 0.3) is 0 Å². The molecular weight excluding hydrogens is 272 g/mol. The summed E-state index contributed by atoms with van der Waals surface area (Å²) in [5.74, 6) is 2.64. The van der Waals surface area contributed by atoms with Gasteiger partial charge in [0.1, 0.15) is 5.82 Å². The lowest BCUT2D eigenvalue weighted by molar-refractivity contribution is -0.0338. The molecule has 0 spiro atoms. The van der Waals surface area contributed by atoms with Crippen LogP contribution in [-0.2, 0) is 10.5 Å². The lowest BCUT2D eigenvalue weighted by atomic mass is 10.00. The zero-order valence-corrected chi connectivity index (χ0v) is 13.0. The van der Waals surface area contributed by atoms with Crippen molar-refractivity contribution in [2.75, 3.05) is 17.7 Å². The molecule has 1 saturated heterocycles. The number of aromatic nitrogens is 1. The third-order valence-corrected chi connectivity index (χ3v) is 4.39. The molecule has 5 heteroatoms. The number of thioether (sulfide) groups is 1. The lowest BCUT2D eigenvalue weighted by Gasteiger charge is -2.32. The Morgan fingerprint density at radius 1 is 1.40 bits per heavy atom. The molecule has 2 rings (SSSR count). The van der Waals surface area contributed by atoms with E-state index in [0.717, 1.165) is 30.2 Å². The Kier molecular flexibility index (Phi) is 6.13. The third kappa shape index (κ3) is 4.96. The Bertz CT molecular complexity index is 407. The topological polar surface area (TPSA) is 54.4 Å². The minimum absolute atomic E-state index is 0.235. The van der Waals surface area contributed by atoms with Gasteiger partial charge in [-0.25, -0.2) is 4.98 Å². The smallest absolute Gasteiger partial charge is 0.126 e. The maximum Gasteiger partial charge on any atom is 0.126 e. The average Bonchev–Trinajstić information content (AvgIpc) is 2.38. The molecule has 0 saturated carbocycles. The molecule has 0 aromatic carbocycles. The van der Waals surface area contributed by atoms with Crippen LogP contribution in [0.3, 0.4) is 0 Å². The molecular formula is C15H24N2O2S. The summed E-state index contributed by atoms with van der Waals surface area (Å²) in [5, 5.41) is 12.3. The van der Waals surface area contributed by atoms with Crippen molar-refractivity contribution in [3.63, 3.8) is 0 Å². The van der Waals surface area contributed by atoms with Crippen LogP contribution in [0, 0.1) is 0 Å². The number of hydrogen-bond donors (Lipinski definition) is 2. The van der Waals surface area contributed by atoms with Crippen LogP contribution in [0.5, 0.6) is 0 Å². The minimum Gasteiger partial charge on any atom is -0.396 e. The largest absolute Gasteiger partial charge is 0.396 e. The number of anilines is 1.